The first-order chi connectivity index (χ1) is 5.67. The molecule has 0 atom stereocenters. The minimum Gasteiger partial charge on any atom is -0.204 e. The third-order valence-electron chi connectivity index (χ3n) is 1.09. The van der Waals surface area contributed by atoms with Gasteiger partial charge in [0, 0.05) is 4.08 Å². The van der Waals surface area contributed by atoms with E-state index in [4.69, 9.17) is 0 Å². The van der Waals surface area contributed by atoms with E-state index >= 15 is 0 Å². The van der Waals surface area contributed by atoms with Gasteiger partial charge >= 0.3 is 18.3 Å². The number of alkyl halides is 6. The highest BCUT2D eigenvalue weighted by Gasteiger charge is 2.65. The topological polar surface area (TPSA) is 0 Å². The van der Waals surface area contributed by atoms with Crippen LogP contribution in [0.15, 0.2) is 9.91 Å². The number of halogens is 8. The van der Waals surface area contributed by atoms with Crippen LogP contribution in [0.25, 0.3) is 0 Å². The molecule has 0 saturated carbocycles. The molecule has 0 nitrogen and oxygen atoms in total. The number of allylic oxidation sites excluding steroid dienone is 1. The van der Waals surface area contributed by atoms with Gasteiger partial charge in [0.25, 0.3) is 0 Å². The molecule has 0 fully saturated rings. The van der Waals surface area contributed by atoms with Crippen molar-refractivity contribution in [3.8, 4) is 0 Å². The molecule has 0 radical (unpaired) electrons. The Balaban J connectivity index is 5.03. The van der Waals surface area contributed by atoms with Crippen LogP contribution in [0.4, 0.5) is 30.7 Å². The zero-order chi connectivity index (χ0) is 10.9. The molecule has 0 aromatic carbocycles. The lowest BCUT2D eigenvalue weighted by Gasteiger charge is -2.23. The summed E-state index contributed by atoms with van der Waals surface area (Å²) in [6.45, 7) is 0. The largest absolute Gasteiger partial charge is 0.375 e. The van der Waals surface area contributed by atoms with Crippen molar-refractivity contribution in [2.24, 2.45) is 0 Å². The lowest BCUT2D eigenvalue weighted by Crippen LogP contribution is -2.46. The summed E-state index contributed by atoms with van der Waals surface area (Å²) in [6, 6.07) is 0. The van der Waals surface area contributed by atoms with Gasteiger partial charge in [-0.05, 0) is 22.6 Å². The van der Waals surface area contributed by atoms with Gasteiger partial charge in [-0.3, -0.25) is 0 Å². The summed E-state index contributed by atoms with van der Waals surface area (Å²) in [5.74, 6) is -13.8. The summed E-state index contributed by atoms with van der Waals surface area (Å²) >= 11 is 0.907. The zero-order valence-corrected chi connectivity index (χ0v) is 7.84. The lowest BCUT2D eigenvalue weighted by atomic mass is 10.1. The van der Waals surface area contributed by atoms with Crippen molar-refractivity contribution in [1.82, 2.24) is 0 Å². The van der Waals surface area contributed by atoms with E-state index in [2.05, 4.69) is 0 Å². The summed E-state index contributed by atoms with van der Waals surface area (Å²) in [4.78, 5) is 0. The van der Waals surface area contributed by atoms with E-state index in [1.165, 1.54) is 0 Å². The lowest BCUT2D eigenvalue weighted by molar-refractivity contribution is -0.252. The number of hydrogen-bond donors (Lipinski definition) is 0. The molecule has 0 aromatic heterocycles. The van der Waals surface area contributed by atoms with E-state index in [9.17, 15) is 30.7 Å². The predicted octanol–water partition coefficient (Wildman–Crippen LogP) is 3.77. The third kappa shape index (κ3) is 2.26. The molecule has 0 rings (SSSR count). The van der Waals surface area contributed by atoms with Crippen LogP contribution in [0.5, 0.6) is 0 Å². The van der Waals surface area contributed by atoms with Gasteiger partial charge in [0.05, 0.1) is 0 Å². The number of hydrogen-bond acceptors (Lipinski definition) is 0. The summed E-state index contributed by atoms with van der Waals surface area (Å²) < 4.78 is 83.1. The molecule has 0 aliphatic heterocycles. The Kier molecular flexibility index (Phi) is 4.00. The van der Waals surface area contributed by atoms with Crippen molar-refractivity contribution in [1.29, 1.82) is 0 Å². The van der Waals surface area contributed by atoms with Gasteiger partial charge in [-0.1, -0.05) is 0 Å². The highest BCUT2D eigenvalue weighted by molar-refractivity contribution is 14.1. The molecule has 0 amide bonds. The summed E-state index contributed by atoms with van der Waals surface area (Å²) in [5.41, 5.74) is 0. The molecule has 13 heavy (non-hydrogen) atoms. The van der Waals surface area contributed by atoms with Crippen molar-refractivity contribution in [2.45, 2.75) is 18.3 Å². The Bertz CT molecular complexity index is 209. The van der Waals surface area contributed by atoms with E-state index in [-0.39, 0.29) is 4.08 Å². The van der Waals surface area contributed by atoms with Crippen LogP contribution >= 0.6 is 22.6 Å². The van der Waals surface area contributed by atoms with Crippen molar-refractivity contribution in [3.63, 3.8) is 0 Å². The van der Waals surface area contributed by atoms with Crippen LogP contribution < -0.4 is 0 Å². The molecule has 0 aliphatic rings. The molecule has 0 aliphatic carbocycles. The maximum atomic E-state index is 12.2. The highest BCUT2D eigenvalue weighted by Crippen LogP contribution is 2.44. The molecule has 0 saturated heterocycles. The average molecular weight is 322 g/mol. The van der Waals surface area contributed by atoms with Crippen LogP contribution in [0.3, 0.4) is 0 Å². The minimum atomic E-state index is -5.70. The van der Waals surface area contributed by atoms with E-state index in [0.29, 0.717) is 0 Å². The first kappa shape index (κ1) is 13.0. The van der Waals surface area contributed by atoms with Crippen LogP contribution in [-0.2, 0) is 0 Å². The fraction of sp³-hybridized carbons (Fsp3) is 0.600. The molecule has 0 aromatic rings. The highest BCUT2D eigenvalue weighted by atomic mass is 127. The first-order valence-corrected chi connectivity index (χ1v) is 3.92. The summed E-state index contributed by atoms with van der Waals surface area (Å²) in [6.07, 6.45) is -4.62. The second kappa shape index (κ2) is 4.01. The Labute approximate surface area is 81.9 Å². The van der Waals surface area contributed by atoms with Gasteiger partial charge in [-0.15, -0.1) is 0 Å². The Morgan fingerprint density at radius 1 is 1.15 bits per heavy atom. The zero-order valence-electron chi connectivity index (χ0n) is 5.68. The molecule has 0 unspecified atom stereocenters. The molecule has 8 heteroatoms. The van der Waals surface area contributed by atoms with Crippen LogP contribution in [0.1, 0.15) is 0 Å². The van der Waals surface area contributed by atoms with Gasteiger partial charge < -0.3 is 0 Å². The Morgan fingerprint density at radius 2 is 1.54 bits per heavy atom. The van der Waals surface area contributed by atoms with Crippen molar-refractivity contribution < 1.29 is 30.7 Å². The maximum Gasteiger partial charge on any atom is 0.375 e. The molecule has 0 heterocycles. The SMILES string of the molecule is FC(=CI)C(F)(F)C(F)(F)C(F)F. The quantitative estimate of drug-likeness (QED) is 0.548. The van der Waals surface area contributed by atoms with Crippen molar-refractivity contribution in [2.75, 3.05) is 0 Å². The van der Waals surface area contributed by atoms with E-state index in [0.717, 1.165) is 22.6 Å². The van der Waals surface area contributed by atoms with Gasteiger partial charge in [0.2, 0.25) is 0 Å². The summed E-state index contributed by atoms with van der Waals surface area (Å²) in [7, 11) is 0. The van der Waals surface area contributed by atoms with E-state index in [1.807, 2.05) is 0 Å². The van der Waals surface area contributed by atoms with Crippen LogP contribution in [0, 0.1) is 0 Å². The molecule has 0 bridgehead atoms. The Morgan fingerprint density at radius 3 is 1.77 bits per heavy atom. The van der Waals surface area contributed by atoms with Gasteiger partial charge in [-0.25, -0.2) is 13.2 Å². The predicted molar refractivity (Wildman–Crippen MR) is 39.1 cm³/mol. The normalized spacial score (nSPS) is 15.3. The molecule has 0 N–H and O–H groups in total. The first-order valence-electron chi connectivity index (χ1n) is 2.68. The fourth-order valence-corrected chi connectivity index (χ4v) is 0.756. The van der Waals surface area contributed by atoms with Crippen LogP contribution in [0.2, 0.25) is 0 Å². The molecular weight excluding hydrogens is 320 g/mol. The van der Waals surface area contributed by atoms with Gasteiger partial charge in [0.15, 0.2) is 5.83 Å². The van der Waals surface area contributed by atoms with Gasteiger partial charge in [-0.2, -0.15) is 17.6 Å². The van der Waals surface area contributed by atoms with Gasteiger partial charge in [0.1, 0.15) is 0 Å². The third-order valence-corrected chi connectivity index (χ3v) is 1.64. The van der Waals surface area contributed by atoms with Crippen molar-refractivity contribution in [3.05, 3.63) is 9.91 Å². The van der Waals surface area contributed by atoms with Crippen LogP contribution in [-0.4, -0.2) is 18.3 Å². The fourth-order valence-electron chi connectivity index (χ4n) is 0.365. The molecule has 78 valence electrons. The monoisotopic (exact) mass is 322 g/mol. The smallest absolute Gasteiger partial charge is 0.204 e. The minimum absolute atomic E-state index is 0.0198. The Hall–Kier alpha value is -0.0200. The second-order valence-corrected chi connectivity index (χ2v) is 2.58. The second-order valence-electron chi connectivity index (χ2n) is 1.96. The van der Waals surface area contributed by atoms with E-state index in [1.54, 1.807) is 0 Å². The molecular formula is C5H2F7I. The maximum absolute atomic E-state index is 12.2. The molecule has 0 spiro atoms. The van der Waals surface area contributed by atoms with Crippen molar-refractivity contribution >= 4 is 22.6 Å². The standard InChI is InChI=1S/C5H2F7I/c6-2(1-13)4(9,10)5(11,12)3(7)8/h1,3H. The van der Waals surface area contributed by atoms with E-state index < -0.39 is 24.1 Å². The average Bonchev–Trinajstić information content (AvgIpc) is 2.02. The summed E-state index contributed by atoms with van der Waals surface area (Å²) in [5, 5.41) is 0. The number of rotatable bonds is 3.